The molecule has 0 aromatic rings. The van der Waals surface area contributed by atoms with Crippen LogP contribution in [0.4, 0.5) is 17.6 Å². The summed E-state index contributed by atoms with van der Waals surface area (Å²) in [7, 11) is 0. The summed E-state index contributed by atoms with van der Waals surface area (Å²) in [5.74, 6) is -7.61. The third-order valence-electron chi connectivity index (χ3n) is 3.46. The molecule has 8 heteroatoms. The summed E-state index contributed by atoms with van der Waals surface area (Å²) in [6.45, 7) is 0. The molecule has 1 aliphatic rings. The Morgan fingerprint density at radius 2 is 1.75 bits per heavy atom. The van der Waals surface area contributed by atoms with Gasteiger partial charge in [0, 0.05) is 0 Å². The summed E-state index contributed by atoms with van der Waals surface area (Å²) in [6.07, 6.45) is -0.218. The summed E-state index contributed by atoms with van der Waals surface area (Å²) >= 11 is 2.91. The van der Waals surface area contributed by atoms with Gasteiger partial charge >= 0.3 is 12.3 Å². The number of Topliss-reactive ketones (excluding diaryl/α,β-unsaturated/α-hetero) is 1. The number of rotatable bonds is 6. The molecule has 0 spiro atoms. The minimum Gasteiger partial charge on any atom is -0.341 e. The van der Waals surface area contributed by atoms with Crippen molar-refractivity contribution in [3.8, 4) is 0 Å². The van der Waals surface area contributed by atoms with Gasteiger partial charge in [-0.1, -0.05) is 35.2 Å². The summed E-state index contributed by atoms with van der Waals surface area (Å²) in [4.78, 5) is 23.0. The number of hydrogen-bond donors (Lipinski definition) is 1. The average molecular weight is 362 g/mol. The van der Waals surface area contributed by atoms with Crippen LogP contribution in [0.5, 0.6) is 0 Å². The zero-order valence-corrected chi connectivity index (χ0v) is 12.3. The van der Waals surface area contributed by atoms with Crippen molar-refractivity contribution in [3.63, 3.8) is 0 Å². The Labute approximate surface area is 122 Å². The van der Waals surface area contributed by atoms with Gasteiger partial charge < -0.3 is 5.32 Å². The molecule has 0 heterocycles. The van der Waals surface area contributed by atoms with Crippen molar-refractivity contribution in [3.05, 3.63) is 0 Å². The van der Waals surface area contributed by atoms with Crippen molar-refractivity contribution in [1.29, 1.82) is 0 Å². The van der Waals surface area contributed by atoms with E-state index in [9.17, 15) is 27.2 Å². The Bertz CT molecular complexity index is 359. The SMILES string of the molecule is O=C(CBr)C(NC(=O)C(F)(F)C(F)F)C1CCCCC1. The molecule has 1 saturated carbocycles. The van der Waals surface area contributed by atoms with Crippen molar-refractivity contribution in [1.82, 2.24) is 5.32 Å². The van der Waals surface area contributed by atoms with Gasteiger partial charge in [0.15, 0.2) is 5.78 Å². The quantitative estimate of drug-likeness (QED) is 0.584. The van der Waals surface area contributed by atoms with Crippen LogP contribution in [0.2, 0.25) is 0 Å². The molecule has 0 saturated heterocycles. The standard InChI is InChI=1S/C12H16BrF4NO2/c13-6-8(19)9(7-4-2-1-3-5-7)18-11(20)12(16,17)10(14)15/h7,9-10H,1-6H2,(H,18,20). The van der Waals surface area contributed by atoms with Gasteiger partial charge in [-0.2, -0.15) is 8.78 Å². The second-order valence-corrected chi connectivity index (χ2v) is 5.43. The van der Waals surface area contributed by atoms with Gasteiger partial charge in [-0.15, -0.1) is 0 Å². The summed E-state index contributed by atoms with van der Waals surface area (Å²) in [5, 5.41) is 1.69. The number of carbonyl (C=O) groups excluding carboxylic acids is 2. The molecule has 1 amide bonds. The van der Waals surface area contributed by atoms with Crippen molar-refractivity contribution >= 4 is 27.6 Å². The van der Waals surface area contributed by atoms with Crippen LogP contribution in [0.1, 0.15) is 32.1 Å². The smallest absolute Gasteiger partial charge is 0.341 e. The van der Waals surface area contributed by atoms with Gasteiger partial charge in [-0.05, 0) is 18.8 Å². The van der Waals surface area contributed by atoms with Crippen LogP contribution in [0.25, 0.3) is 0 Å². The first-order chi connectivity index (χ1) is 9.30. The zero-order chi connectivity index (χ0) is 15.3. The first kappa shape index (κ1) is 17.4. The molecule has 1 fully saturated rings. The predicted octanol–water partition coefficient (Wildman–Crippen LogP) is 2.92. The number of carbonyl (C=O) groups is 2. The molecule has 0 bridgehead atoms. The van der Waals surface area contributed by atoms with Crippen LogP contribution in [0.3, 0.4) is 0 Å². The van der Waals surface area contributed by atoms with Crippen molar-refractivity contribution in [2.24, 2.45) is 5.92 Å². The highest BCUT2D eigenvalue weighted by Crippen LogP contribution is 2.29. The van der Waals surface area contributed by atoms with Crippen LogP contribution in [0, 0.1) is 5.92 Å². The Kier molecular flexibility index (Phi) is 6.42. The minimum atomic E-state index is -4.78. The Morgan fingerprint density at radius 1 is 1.20 bits per heavy atom. The highest BCUT2D eigenvalue weighted by atomic mass is 79.9. The van der Waals surface area contributed by atoms with E-state index in [1.807, 2.05) is 5.32 Å². The molecule has 1 unspecified atom stereocenters. The monoisotopic (exact) mass is 361 g/mol. The van der Waals surface area contributed by atoms with E-state index in [0.717, 1.165) is 19.3 Å². The number of nitrogens with one attached hydrogen (secondary N) is 1. The Balaban J connectivity index is 2.79. The first-order valence-electron chi connectivity index (χ1n) is 6.36. The Hall–Kier alpha value is -0.660. The second kappa shape index (κ2) is 7.38. The van der Waals surface area contributed by atoms with Gasteiger partial charge in [0.05, 0.1) is 11.4 Å². The molecule has 1 rings (SSSR count). The molecule has 20 heavy (non-hydrogen) atoms. The maximum atomic E-state index is 12.9. The minimum absolute atomic E-state index is 0.116. The van der Waals surface area contributed by atoms with Gasteiger partial charge in [-0.25, -0.2) is 8.78 Å². The molecule has 116 valence electrons. The van der Waals surface area contributed by atoms with Gasteiger partial charge in [0.1, 0.15) is 0 Å². The average Bonchev–Trinajstić information content (AvgIpc) is 2.44. The number of alkyl halides is 5. The molecular formula is C12H16BrF4NO2. The summed E-state index contributed by atoms with van der Waals surface area (Å²) in [6, 6.07) is -1.13. The van der Waals surface area contributed by atoms with Gasteiger partial charge in [0.2, 0.25) is 0 Å². The van der Waals surface area contributed by atoms with Crippen LogP contribution < -0.4 is 5.32 Å². The fourth-order valence-electron chi connectivity index (χ4n) is 2.35. The van der Waals surface area contributed by atoms with E-state index in [1.54, 1.807) is 0 Å². The van der Waals surface area contributed by atoms with Crippen LogP contribution in [-0.4, -0.2) is 35.4 Å². The van der Waals surface area contributed by atoms with Gasteiger partial charge in [-0.3, -0.25) is 9.59 Å². The molecule has 0 radical (unpaired) electrons. The maximum absolute atomic E-state index is 12.9. The highest BCUT2D eigenvalue weighted by Gasteiger charge is 2.50. The number of amides is 1. The molecule has 0 aromatic heterocycles. The van der Waals surface area contributed by atoms with Crippen LogP contribution >= 0.6 is 15.9 Å². The predicted molar refractivity (Wildman–Crippen MR) is 68.3 cm³/mol. The van der Waals surface area contributed by atoms with Crippen molar-refractivity contribution in [2.75, 3.05) is 5.33 Å². The van der Waals surface area contributed by atoms with E-state index < -0.39 is 30.1 Å². The summed E-state index contributed by atoms with van der Waals surface area (Å²) < 4.78 is 50.2. The molecule has 0 aliphatic heterocycles. The van der Waals surface area contributed by atoms with E-state index in [1.165, 1.54) is 0 Å². The van der Waals surface area contributed by atoms with Crippen LogP contribution in [0.15, 0.2) is 0 Å². The lowest BCUT2D eigenvalue weighted by atomic mass is 9.82. The summed E-state index contributed by atoms with van der Waals surface area (Å²) in [5.41, 5.74) is 0. The largest absolute Gasteiger partial charge is 0.383 e. The molecule has 0 aromatic carbocycles. The first-order valence-corrected chi connectivity index (χ1v) is 7.48. The van der Waals surface area contributed by atoms with E-state index >= 15 is 0 Å². The molecular weight excluding hydrogens is 346 g/mol. The van der Waals surface area contributed by atoms with E-state index in [4.69, 9.17) is 0 Å². The molecule has 1 atom stereocenters. The number of hydrogen-bond acceptors (Lipinski definition) is 2. The number of halogens is 5. The van der Waals surface area contributed by atoms with Crippen LogP contribution in [-0.2, 0) is 9.59 Å². The van der Waals surface area contributed by atoms with Gasteiger partial charge in [0.25, 0.3) is 5.91 Å². The maximum Gasteiger partial charge on any atom is 0.383 e. The fraction of sp³-hybridized carbons (Fsp3) is 0.833. The lowest BCUT2D eigenvalue weighted by molar-refractivity contribution is -0.171. The molecule has 1 N–H and O–H groups in total. The highest BCUT2D eigenvalue weighted by molar-refractivity contribution is 9.09. The zero-order valence-electron chi connectivity index (χ0n) is 10.7. The lowest BCUT2D eigenvalue weighted by Crippen LogP contribution is -2.54. The Morgan fingerprint density at radius 3 is 2.20 bits per heavy atom. The third kappa shape index (κ3) is 4.17. The molecule has 3 nitrogen and oxygen atoms in total. The third-order valence-corrected chi connectivity index (χ3v) is 4.02. The van der Waals surface area contributed by atoms with E-state index in [0.29, 0.717) is 12.8 Å². The van der Waals surface area contributed by atoms with E-state index in [-0.39, 0.29) is 11.2 Å². The van der Waals surface area contributed by atoms with Crippen molar-refractivity contribution in [2.45, 2.75) is 50.5 Å². The topological polar surface area (TPSA) is 46.2 Å². The molecule has 1 aliphatic carbocycles. The lowest BCUT2D eigenvalue weighted by Gasteiger charge is -2.30. The van der Waals surface area contributed by atoms with Crippen molar-refractivity contribution < 1.29 is 27.2 Å². The second-order valence-electron chi connectivity index (χ2n) is 4.87. The number of ketones is 1. The normalized spacial score (nSPS) is 18.9. The fourth-order valence-corrected chi connectivity index (χ4v) is 2.70. The van der Waals surface area contributed by atoms with E-state index in [2.05, 4.69) is 15.9 Å².